The summed E-state index contributed by atoms with van der Waals surface area (Å²) in [5, 5.41) is 8.76. The number of rotatable bonds is 6. The highest BCUT2D eigenvalue weighted by molar-refractivity contribution is 5.77. The van der Waals surface area contributed by atoms with Crippen LogP contribution in [0.4, 0.5) is 10.1 Å². The largest absolute Gasteiger partial charge is 0.366 e. The molecule has 0 amide bonds. The van der Waals surface area contributed by atoms with Crippen LogP contribution in [0.1, 0.15) is 22.3 Å². The summed E-state index contributed by atoms with van der Waals surface area (Å²) < 4.78 is 13.6. The number of benzene rings is 1. The summed E-state index contributed by atoms with van der Waals surface area (Å²) in [5.41, 5.74) is 1.81. The van der Waals surface area contributed by atoms with E-state index in [2.05, 4.69) is 11.1 Å². The second kappa shape index (κ2) is 7.15. The number of aromatic nitrogens is 1. The lowest BCUT2D eigenvalue weighted by Gasteiger charge is -2.24. The Bertz CT molecular complexity index is 652. The van der Waals surface area contributed by atoms with E-state index < -0.39 is 5.82 Å². The number of anilines is 1. The predicted octanol–water partition coefficient (Wildman–Crippen LogP) is 2.95. The maximum absolute atomic E-state index is 13.6. The van der Waals surface area contributed by atoms with Crippen LogP contribution in [0.15, 0.2) is 42.7 Å². The van der Waals surface area contributed by atoms with Gasteiger partial charge in [0.2, 0.25) is 0 Å². The summed E-state index contributed by atoms with van der Waals surface area (Å²) >= 11 is 0. The quantitative estimate of drug-likeness (QED) is 0.765. The van der Waals surface area contributed by atoms with E-state index >= 15 is 0 Å². The number of carbonyl (C=O) groups excluding carboxylic acids is 1. The number of aldehydes is 1. The molecule has 0 aliphatic heterocycles. The average molecular weight is 283 g/mol. The number of hydrogen-bond acceptors (Lipinski definition) is 4. The van der Waals surface area contributed by atoms with Gasteiger partial charge in [0.1, 0.15) is 12.1 Å². The molecular weight excluding hydrogens is 269 g/mol. The van der Waals surface area contributed by atoms with Gasteiger partial charge in [0.25, 0.3) is 0 Å². The van der Waals surface area contributed by atoms with Crippen molar-refractivity contribution in [1.82, 2.24) is 4.98 Å². The topological polar surface area (TPSA) is 57.0 Å². The molecule has 0 saturated heterocycles. The molecule has 0 fully saturated rings. The highest BCUT2D eigenvalue weighted by atomic mass is 19.1. The van der Waals surface area contributed by atoms with Crippen molar-refractivity contribution in [2.45, 2.75) is 13.0 Å². The van der Waals surface area contributed by atoms with E-state index in [-0.39, 0.29) is 5.56 Å². The zero-order valence-corrected chi connectivity index (χ0v) is 11.4. The third-order valence-corrected chi connectivity index (χ3v) is 3.00. The van der Waals surface area contributed by atoms with Crippen LogP contribution >= 0.6 is 0 Å². The maximum atomic E-state index is 13.6. The minimum Gasteiger partial charge on any atom is -0.366 e. The molecular formula is C16H14FN3O. The average Bonchev–Trinajstić information content (AvgIpc) is 2.51. The Kier molecular flexibility index (Phi) is 4.99. The second-order valence-electron chi connectivity index (χ2n) is 4.55. The summed E-state index contributed by atoms with van der Waals surface area (Å²) in [6.07, 6.45) is 4.32. The highest BCUT2D eigenvalue weighted by Gasteiger charge is 2.10. The summed E-state index contributed by atoms with van der Waals surface area (Å²) in [7, 11) is 0. The molecule has 1 aromatic heterocycles. The molecule has 0 saturated carbocycles. The first-order valence-corrected chi connectivity index (χ1v) is 6.49. The number of hydrogen-bond donors (Lipinski definition) is 0. The van der Waals surface area contributed by atoms with E-state index in [0.717, 1.165) is 5.56 Å². The Balaban J connectivity index is 2.29. The van der Waals surface area contributed by atoms with Crippen LogP contribution in [-0.4, -0.2) is 17.8 Å². The van der Waals surface area contributed by atoms with Crippen LogP contribution in [0.25, 0.3) is 0 Å². The van der Waals surface area contributed by atoms with Gasteiger partial charge in [-0.1, -0.05) is 6.07 Å². The van der Waals surface area contributed by atoms with Gasteiger partial charge in [-0.05, 0) is 29.8 Å². The number of pyridine rings is 1. The number of halogens is 1. The zero-order valence-electron chi connectivity index (χ0n) is 11.4. The second-order valence-corrected chi connectivity index (χ2v) is 4.55. The smallest absolute Gasteiger partial charge is 0.150 e. The molecule has 4 nitrogen and oxygen atoms in total. The molecule has 21 heavy (non-hydrogen) atoms. The summed E-state index contributed by atoms with van der Waals surface area (Å²) in [4.78, 5) is 16.8. The van der Waals surface area contributed by atoms with Crippen LogP contribution < -0.4 is 4.90 Å². The van der Waals surface area contributed by atoms with Gasteiger partial charge in [-0.25, -0.2) is 4.39 Å². The summed E-state index contributed by atoms with van der Waals surface area (Å²) in [6, 6.07) is 9.97. The molecule has 2 rings (SSSR count). The van der Waals surface area contributed by atoms with E-state index in [4.69, 9.17) is 5.26 Å². The Hall–Kier alpha value is -2.74. The summed E-state index contributed by atoms with van der Waals surface area (Å²) in [6.45, 7) is 0.949. The molecule has 1 aromatic carbocycles. The Morgan fingerprint density at radius 3 is 2.90 bits per heavy atom. The van der Waals surface area contributed by atoms with Gasteiger partial charge >= 0.3 is 0 Å². The van der Waals surface area contributed by atoms with Crippen LogP contribution in [0.5, 0.6) is 0 Å². The first-order chi connectivity index (χ1) is 10.2. The van der Waals surface area contributed by atoms with Crippen LogP contribution in [0, 0.1) is 17.1 Å². The lowest BCUT2D eigenvalue weighted by Crippen LogP contribution is -2.24. The predicted molar refractivity (Wildman–Crippen MR) is 77.3 cm³/mol. The van der Waals surface area contributed by atoms with Gasteiger partial charge < -0.3 is 4.90 Å². The van der Waals surface area contributed by atoms with Gasteiger partial charge in [-0.2, -0.15) is 5.26 Å². The van der Waals surface area contributed by atoms with Gasteiger partial charge in [0, 0.05) is 36.7 Å². The van der Waals surface area contributed by atoms with Crippen LogP contribution in [-0.2, 0) is 6.54 Å². The van der Waals surface area contributed by atoms with Crippen molar-refractivity contribution in [2.75, 3.05) is 11.4 Å². The normalized spacial score (nSPS) is 9.90. The molecule has 0 unspecified atom stereocenters. The molecule has 0 bridgehead atoms. The zero-order chi connectivity index (χ0) is 15.1. The van der Waals surface area contributed by atoms with Crippen LogP contribution in [0.2, 0.25) is 0 Å². The molecule has 1 heterocycles. The SMILES string of the molecule is N#CCCN(Cc1cccnc1)c1cc(F)cc(C=O)c1. The van der Waals surface area contributed by atoms with Crippen molar-refractivity contribution in [3.8, 4) is 6.07 Å². The van der Waals surface area contributed by atoms with E-state index in [1.807, 2.05) is 17.0 Å². The molecule has 5 heteroatoms. The van der Waals surface area contributed by atoms with E-state index in [1.165, 1.54) is 12.1 Å². The van der Waals surface area contributed by atoms with Crippen LogP contribution in [0.3, 0.4) is 0 Å². The Morgan fingerprint density at radius 2 is 2.24 bits per heavy atom. The highest BCUT2D eigenvalue weighted by Crippen LogP contribution is 2.20. The van der Waals surface area contributed by atoms with Gasteiger partial charge in [0.15, 0.2) is 0 Å². The van der Waals surface area contributed by atoms with Crippen molar-refractivity contribution in [3.05, 3.63) is 59.7 Å². The van der Waals surface area contributed by atoms with Crippen molar-refractivity contribution < 1.29 is 9.18 Å². The molecule has 0 radical (unpaired) electrons. The fourth-order valence-corrected chi connectivity index (χ4v) is 2.04. The fourth-order valence-electron chi connectivity index (χ4n) is 2.04. The lowest BCUT2D eigenvalue weighted by molar-refractivity contribution is 0.112. The first-order valence-electron chi connectivity index (χ1n) is 6.49. The molecule has 2 aromatic rings. The third-order valence-electron chi connectivity index (χ3n) is 3.00. The van der Waals surface area contributed by atoms with Crippen molar-refractivity contribution in [1.29, 1.82) is 5.26 Å². The molecule has 0 aliphatic carbocycles. The lowest BCUT2D eigenvalue weighted by atomic mass is 10.1. The molecule has 0 N–H and O–H groups in total. The maximum Gasteiger partial charge on any atom is 0.150 e. The Labute approximate surface area is 122 Å². The number of nitrogens with zero attached hydrogens (tertiary/aromatic N) is 3. The third kappa shape index (κ3) is 4.11. The van der Waals surface area contributed by atoms with Gasteiger partial charge in [-0.15, -0.1) is 0 Å². The molecule has 0 atom stereocenters. The standard InChI is InChI=1S/C16H14FN3O/c17-15-7-14(12-21)8-16(9-15)20(6-2-4-18)11-13-3-1-5-19-10-13/h1,3,5,7-10,12H,2,6,11H2. The summed E-state index contributed by atoms with van der Waals surface area (Å²) in [5.74, 6) is -0.470. The van der Waals surface area contributed by atoms with Gasteiger partial charge in [0.05, 0.1) is 12.5 Å². The minimum atomic E-state index is -0.470. The molecule has 106 valence electrons. The number of carbonyl (C=O) groups is 1. The van der Waals surface area contributed by atoms with Crippen molar-refractivity contribution in [3.63, 3.8) is 0 Å². The molecule has 0 aliphatic rings. The number of nitriles is 1. The Morgan fingerprint density at radius 1 is 1.38 bits per heavy atom. The fraction of sp³-hybridized carbons (Fsp3) is 0.188. The van der Waals surface area contributed by atoms with Crippen molar-refractivity contribution >= 4 is 12.0 Å². The van der Waals surface area contributed by atoms with E-state index in [9.17, 15) is 9.18 Å². The van der Waals surface area contributed by atoms with E-state index in [0.29, 0.717) is 31.5 Å². The van der Waals surface area contributed by atoms with Gasteiger partial charge in [-0.3, -0.25) is 9.78 Å². The minimum absolute atomic E-state index is 0.276. The van der Waals surface area contributed by atoms with E-state index in [1.54, 1.807) is 18.5 Å². The molecule has 0 spiro atoms. The first kappa shape index (κ1) is 14.7. The monoisotopic (exact) mass is 283 g/mol. The van der Waals surface area contributed by atoms with Crippen molar-refractivity contribution in [2.24, 2.45) is 0 Å².